The molecule has 1 fully saturated rings. The number of likely N-dealkylation sites (tertiary alicyclic amines) is 1. The molecule has 2 aromatic rings. The monoisotopic (exact) mass is 380 g/mol. The van der Waals surface area contributed by atoms with Crippen LogP contribution in [0.4, 0.5) is 4.39 Å². The molecule has 4 nitrogen and oxygen atoms in total. The van der Waals surface area contributed by atoms with Crippen molar-refractivity contribution in [2.75, 3.05) is 13.6 Å². The van der Waals surface area contributed by atoms with Crippen LogP contribution >= 0.6 is 22.9 Å². The number of rotatable bonds is 4. The lowest BCUT2D eigenvalue weighted by molar-refractivity contribution is -0.134. The van der Waals surface area contributed by atoms with Crippen LogP contribution in [0.25, 0.3) is 0 Å². The third-order valence-electron chi connectivity index (χ3n) is 4.32. The minimum atomic E-state index is -0.509. The van der Waals surface area contributed by atoms with Crippen LogP contribution in [0, 0.1) is 5.82 Å². The third kappa shape index (κ3) is 3.85. The second-order valence-electron chi connectivity index (χ2n) is 6.05. The highest BCUT2D eigenvalue weighted by Gasteiger charge is 2.36. The van der Waals surface area contributed by atoms with Gasteiger partial charge in [-0.1, -0.05) is 29.8 Å². The van der Waals surface area contributed by atoms with Gasteiger partial charge >= 0.3 is 0 Å². The van der Waals surface area contributed by atoms with E-state index in [4.69, 9.17) is 11.6 Å². The lowest BCUT2D eigenvalue weighted by atomic mass is 10.1. The zero-order valence-electron chi connectivity index (χ0n) is 13.7. The van der Waals surface area contributed by atoms with Crippen LogP contribution in [0.2, 0.25) is 4.34 Å². The summed E-state index contributed by atoms with van der Waals surface area (Å²) in [6.45, 7) is 0.715. The second kappa shape index (κ2) is 7.54. The van der Waals surface area contributed by atoms with Gasteiger partial charge in [-0.15, -0.1) is 11.3 Å². The fourth-order valence-corrected chi connectivity index (χ4v) is 4.05. The summed E-state index contributed by atoms with van der Waals surface area (Å²) in [5.41, 5.74) is 0.458. The van der Waals surface area contributed by atoms with Gasteiger partial charge in [-0.2, -0.15) is 0 Å². The Hall–Kier alpha value is -1.92. The standard InChI is InChI=1S/C18H18ClFN2O2S/c1-21(11-12-5-2-3-6-13(12)20)17(23)14-7-4-10-22(14)18(24)15-8-9-16(19)25-15/h2-3,5-6,8-9,14H,4,7,10-11H2,1H3. The Morgan fingerprint density at radius 3 is 2.76 bits per heavy atom. The molecule has 2 amide bonds. The van der Waals surface area contributed by atoms with E-state index in [9.17, 15) is 14.0 Å². The van der Waals surface area contributed by atoms with E-state index < -0.39 is 6.04 Å². The normalized spacial score (nSPS) is 16.9. The van der Waals surface area contributed by atoms with Gasteiger partial charge in [0.25, 0.3) is 5.91 Å². The summed E-state index contributed by atoms with van der Waals surface area (Å²) < 4.78 is 14.3. The average molecular weight is 381 g/mol. The third-order valence-corrected chi connectivity index (χ3v) is 5.54. The summed E-state index contributed by atoms with van der Waals surface area (Å²) in [7, 11) is 1.64. The van der Waals surface area contributed by atoms with Gasteiger partial charge in [0.15, 0.2) is 0 Å². The van der Waals surface area contributed by atoms with Crippen LogP contribution in [-0.2, 0) is 11.3 Å². The van der Waals surface area contributed by atoms with Gasteiger partial charge in [0.2, 0.25) is 5.91 Å². The van der Waals surface area contributed by atoms with E-state index in [-0.39, 0.29) is 24.2 Å². The first kappa shape index (κ1) is 17.9. The summed E-state index contributed by atoms with van der Waals surface area (Å²) in [5.74, 6) is -0.682. The number of hydrogen-bond donors (Lipinski definition) is 0. The molecule has 1 aliphatic heterocycles. The van der Waals surface area contributed by atoms with E-state index in [0.717, 1.165) is 6.42 Å². The summed E-state index contributed by atoms with van der Waals surface area (Å²) >= 11 is 7.11. The number of halogens is 2. The predicted octanol–water partition coefficient (Wildman–Crippen LogP) is 3.80. The molecule has 2 heterocycles. The minimum Gasteiger partial charge on any atom is -0.340 e. The van der Waals surface area contributed by atoms with Crippen molar-refractivity contribution in [3.63, 3.8) is 0 Å². The van der Waals surface area contributed by atoms with Gasteiger partial charge in [0.1, 0.15) is 11.9 Å². The predicted molar refractivity (Wildman–Crippen MR) is 96.3 cm³/mol. The van der Waals surface area contributed by atoms with E-state index in [0.29, 0.717) is 27.7 Å². The molecule has 1 aliphatic rings. The van der Waals surface area contributed by atoms with Crippen molar-refractivity contribution in [3.8, 4) is 0 Å². The number of carbonyl (C=O) groups is 2. The summed E-state index contributed by atoms with van der Waals surface area (Å²) in [5, 5.41) is 0. The molecule has 0 aliphatic carbocycles. The lowest BCUT2D eigenvalue weighted by Crippen LogP contribution is -2.46. The molecule has 0 spiro atoms. The van der Waals surface area contributed by atoms with Gasteiger partial charge in [-0.3, -0.25) is 9.59 Å². The molecule has 1 aromatic heterocycles. The number of carbonyl (C=O) groups excluding carboxylic acids is 2. The molecule has 1 saturated heterocycles. The molecule has 132 valence electrons. The molecule has 1 aromatic carbocycles. The Morgan fingerprint density at radius 2 is 2.08 bits per heavy atom. The molecule has 1 atom stereocenters. The minimum absolute atomic E-state index is 0.170. The highest BCUT2D eigenvalue weighted by Crippen LogP contribution is 2.27. The van der Waals surface area contributed by atoms with Crippen molar-refractivity contribution in [1.82, 2.24) is 9.80 Å². The molecule has 25 heavy (non-hydrogen) atoms. The first-order valence-corrected chi connectivity index (χ1v) is 9.21. The maximum absolute atomic E-state index is 13.8. The van der Waals surface area contributed by atoms with Crippen molar-refractivity contribution in [2.45, 2.75) is 25.4 Å². The Morgan fingerprint density at radius 1 is 1.32 bits per heavy atom. The Kier molecular flexibility index (Phi) is 5.39. The fourth-order valence-electron chi connectivity index (χ4n) is 3.05. The number of likely N-dealkylation sites (N-methyl/N-ethyl adjacent to an activating group) is 1. The van der Waals surface area contributed by atoms with Gasteiger partial charge in [-0.05, 0) is 31.0 Å². The molecular weight excluding hydrogens is 363 g/mol. The fraction of sp³-hybridized carbons (Fsp3) is 0.333. The maximum Gasteiger partial charge on any atom is 0.264 e. The molecular formula is C18H18ClFN2O2S. The molecule has 3 rings (SSSR count). The Balaban J connectivity index is 1.72. The van der Waals surface area contributed by atoms with Crippen molar-refractivity contribution >= 4 is 34.8 Å². The van der Waals surface area contributed by atoms with Crippen LogP contribution < -0.4 is 0 Å². The van der Waals surface area contributed by atoms with Gasteiger partial charge in [0, 0.05) is 25.7 Å². The summed E-state index contributed by atoms with van der Waals surface area (Å²) in [6.07, 6.45) is 1.39. The van der Waals surface area contributed by atoms with Crippen molar-refractivity contribution in [2.24, 2.45) is 0 Å². The highest BCUT2D eigenvalue weighted by molar-refractivity contribution is 7.17. The van der Waals surface area contributed by atoms with Crippen molar-refractivity contribution in [3.05, 3.63) is 57.0 Å². The number of hydrogen-bond acceptors (Lipinski definition) is 3. The van der Waals surface area contributed by atoms with Gasteiger partial charge in [-0.25, -0.2) is 4.39 Å². The van der Waals surface area contributed by atoms with Crippen molar-refractivity contribution in [1.29, 1.82) is 0 Å². The van der Waals surface area contributed by atoms with Crippen LogP contribution in [0.5, 0.6) is 0 Å². The summed E-state index contributed by atoms with van der Waals surface area (Å²) in [6, 6.07) is 9.23. The maximum atomic E-state index is 13.8. The topological polar surface area (TPSA) is 40.6 Å². The van der Waals surface area contributed by atoms with E-state index in [1.54, 1.807) is 42.3 Å². The van der Waals surface area contributed by atoms with E-state index in [1.807, 2.05) is 0 Å². The number of benzene rings is 1. The van der Waals surface area contributed by atoms with Gasteiger partial charge in [0.05, 0.1) is 9.21 Å². The Bertz CT molecular complexity index is 795. The molecule has 0 N–H and O–H groups in total. The van der Waals surface area contributed by atoms with Crippen molar-refractivity contribution < 1.29 is 14.0 Å². The Labute approximate surface area is 154 Å². The van der Waals surface area contributed by atoms with E-state index in [2.05, 4.69) is 0 Å². The van der Waals surface area contributed by atoms with E-state index in [1.165, 1.54) is 22.3 Å². The number of nitrogens with zero attached hydrogens (tertiary/aromatic N) is 2. The zero-order chi connectivity index (χ0) is 18.0. The molecule has 0 radical (unpaired) electrons. The average Bonchev–Trinajstić information content (AvgIpc) is 3.24. The molecule has 0 bridgehead atoms. The molecule has 0 saturated carbocycles. The SMILES string of the molecule is CN(Cc1ccccc1F)C(=O)C1CCCN1C(=O)c1ccc(Cl)s1. The quantitative estimate of drug-likeness (QED) is 0.809. The second-order valence-corrected chi connectivity index (χ2v) is 7.76. The number of thiophene rings is 1. The molecule has 1 unspecified atom stereocenters. The van der Waals surface area contributed by atoms with Crippen LogP contribution in [0.15, 0.2) is 36.4 Å². The first-order valence-electron chi connectivity index (χ1n) is 8.02. The lowest BCUT2D eigenvalue weighted by Gasteiger charge is -2.28. The summed E-state index contributed by atoms with van der Waals surface area (Å²) in [4.78, 5) is 29.1. The smallest absolute Gasteiger partial charge is 0.264 e. The van der Waals surface area contributed by atoms with Crippen LogP contribution in [0.3, 0.4) is 0 Å². The largest absolute Gasteiger partial charge is 0.340 e. The molecule has 7 heteroatoms. The zero-order valence-corrected chi connectivity index (χ0v) is 15.3. The van der Waals surface area contributed by atoms with Crippen LogP contribution in [-0.4, -0.2) is 41.2 Å². The first-order chi connectivity index (χ1) is 12.0. The highest BCUT2D eigenvalue weighted by atomic mass is 35.5. The van der Waals surface area contributed by atoms with Gasteiger partial charge < -0.3 is 9.80 Å². The van der Waals surface area contributed by atoms with Crippen LogP contribution in [0.1, 0.15) is 28.1 Å². The number of amides is 2. The van der Waals surface area contributed by atoms with E-state index >= 15 is 0 Å².